The van der Waals surface area contributed by atoms with Gasteiger partial charge in [-0.15, -0.1) is 0 Å². The highest BCUT2D eigenvalue weighted by Gasteiger charge is 2.21. The molecule has 0 spiro atoms. The Balaban J connectivity index is 1.74. The molecule has 2 N–H and O–H groups in total. The summed E-state index contributed by atoms with van der Waals surface area (Å²) in [6, 6.07) is 10.6. The highest BCUT2D eigenvalue weighted by Crippen LogP contribution is 2.33. The van der Waals surface area contributed by atoms with Crippen LogP contribution in [0.2, 0.25) is 0 Å². The average molecular weight is 399 g/mol. The minimum atomic E-state index is -0.599. The molecule has 3 aromatic rings. The summed E-state index contributed by atoms with van der Waals surface area (Å²) in [6.45, 7) is 1.36. The van der Waals surface area contributed by atoms with Crippen molar-refractivity contribution >= 4 is 28.3 Å². The van der Waals surface area contributed by atoms with Gasteiger partial charge in [-0.2, -0.15) is 0 Å². The molecule has 2 aromatic heterocycles. The maximum atomic E-state index is 12.2. The zero-order valence-corrected chi connectivity index (χ0v) is 16.0. The van der Waals surface area contributed by atoms with E-state index in [-0.39, 0.29) is 28.6 Å². The van der Waals surface area contributed by atoms with Gasteiger partial charge in [0.15, 0.2) is 23.2 Å². The van der Waals surface area contributed by atoms with Crippen molar-refractivity contribution < 1.29 is 19.1 Å². The molecule has 0 fully saturated rings. The van der Waals surface area contributed by atoms with E-state index in [1.54, 1.807) is 6.92 Å². The molecule has 0 unspecified atom stereocenters. The second-order valence-electron chi connectivity index (χ2n) is 5.74. The molecule has 0 saturated heterocycles. The van der Waals surface area contributed by atoms with Gasteiger partial charge in [-0.25, -0.2) is 9.78 Å². The van der Waals surface area contributed by atoms with Gasteiger partial charge in [-0.1, -0.05) is 41.7 Å². The number of thiazole rings is 1. The van der Waals surface area contributed by atoms with Crippen LogP contribution in [0.5, 0.6) is 5.75 Å². The number of H-pyrrole nitrogens is 1. The fraction of sp³-hybridized carbons (Fsp3) is 0.158. The van der Waals surface area contributed by atoms with Crippen LogP contribution in [0, 0.1) is 6.92 Å². The zero-order valence-electron chi connectivity index (χ0n) is 15.1. The molecule has 0 radical (unpaired) electrons. The summed E-state index contributed by atoms with van der Waals surface area (Å²) in [4.78, 5) is 43.6. The molecule has 1 aromatic carbocycles. The number of pyridine rings is 1. The summed E-state index contributed by atoms with van der Waals surface area (Å²) in [5, 5.41) is 2.80. The number of ether oxygens (including phenoxy) is 2. The Bertz CT molecular complexity index is 1060. The number of aromatic nitrogens is 2. The Hall–Kier alpha value is -3.46. The molecule has 28 heavy (non-hydrogen) atoms. The molecule has 3 rings (SSSR count). The van der Waals surface area contributed by atoms with E-state index in [1.807, 2.05) is 30.3 Å². The molecular formula is C19H17N3O5S. The number of rotatable bonds is 6. The third-order valence-corrected chi connectivity index (χ3v) is 4.69. The fourth-order valence-electron chi connectivity index (χ4n) is 2.37. The van der Waals surface area contributed by atoms with E-state index in [0.29, 0.717) is 10.6 Å². The summed E-state index contributed by atoms with van der Waals surface area (Å²) in [6.07, 6.45) is 1.40. The molecule has 1 amide bonds. The zero-order chi connectivity index (χ0) is 20.1. The van der Waals surface area contributed by atoms with Crippen LogP contribution in [0.1, 0.15) is 16.2 Å². The van der Waals surface area contributed by atoms with Crippen LogP contribution in [0.3, 0.4) is 0 Å². The number of nitrogens with zero attached hydrogens (tertiary/aromatic N) is 1. The second kappa shape index (κ2) is 8.49. The SMILES string of the molecule is COC(=O)c1nc(NC(=O)COc2c[nH]c(C)cc2=O)sc1-c1ccccc1. The number of methoxy groups -OCH3 is 1. The van der Waals surface area contributed by atoms with Crippen molar-refractivity contribution in [2.75, 3.05) is 19.0 Å². The Morgan fingerprint density at radius 3 is 2.68 bits per heavy atom. The molecule has 0 atom stereocenters. The molecule has 0 aliphatic heterocycles. The standard InChI is InChI=1S/C19H17N3O5S/c1-11-8-13(23)14(9-20-11)27-10-15(24)21-19-22-16(18(25)26-2)17(28-19)12-6-4-3-5-7-12/h3-9H,10H2,1-2H3,(H,20,23)(H,21,22,24). The van der Waals surface area contributed by atoms with E-state index in [4.69, 9.17) is 9.47 Å². The van der Waals surface area contributed by atoms with Crippen molar-refractivity contribution in [2.24, 2.45) is 0 Å². The Labute approximate surface area is 164 Å². The summed E-state index contributed by atoms with van der Waals surface area (Å²) >= 11 is 1.14. The van der Waals surface area contributed by atoms with E-state index in [9.17, 15) is 14.4 Å². The molecule has 9 heteroatoms. The minimum Gasteiger partial charge on any atom is -0.478 e. The molecule has 0 aliphatic rings. The molecule has 0 saturated carbocycles. The lowest BCUT2D eigenvalue weighted by Crippen LogP contribution is -2.22. The van der Waals surface area contributed by atoms with Crippen molar-refractivity contribution in [2.45, 2.75) is 6.92 Å². The van der Waals surface area contributed by atoms with Crippen LogP contribution < -0.4 is 15.5 Å². The van der Waals surface area contributed by atoms with E-state index in [1.165, 1.54) is 19.4 Å². The maximum absolute atomic E-state index is 12.2. The van der Waals surface area contributed by atoms with Crippen molar-refractivity contribution in [1.82, 2.24) is 9.97 Å². The van der Waals surface area contributed by atoms with Crippen LogP contribution in [0.4, 0.5) is 5.13 Å². The topological polar surface area (TPSA) is 110 Å². The molecular weight excluding hydrogens is 382 g/mol. The third-order valence-electron chi connectivity index (χ3n) is 3.67. The quantitative estimate of drug-likeness (QED) is 0.617. The maximum Gasteiger partial charge on any atom is 0.358 e. The monoisotopic (exact) mass is 399 g/mol. The predicted octanol–water partition coefficient (Wildman–Crippen LogP) is 2.61. The van der Waals surface area contributed by atoms with Gasteiger partial charge in [0.05, 0.1) is 12.0 Å². The summed E-state index contributed by atoms with van der Waals surface area (Å²) in [5.74, 6) is -1.07. The number of hydrogen-bond donors (Lipinski definition) is 2. The fourth-order valence-corrected chi connectivity index (χ4v) is 3.34. The van der Waals surface area contributed by atoms with Gasteiger partial charge in [-0.05, 0) is 12.5 Å². The first-order chi connectivity index (χ1) is 13.5. The van der Waals surface area contributed by atoms with Crippen LogP contribution in [0.25, 0.3) is 10.4 Å². The number of benzene rings is 1. The second-order valence-corrected chi connectivity index (χ2v) is 6.73. The summed E-state index contributed by atoms with van der Waals surface area (Å²) < 4.78 is 10.0. The van der Waals surface area contributed by atoms with Crippen LogP contribution in [-0.2, 0) is 9.53 Å². The number of hydrogen-bond acceptors (Lipinski definition) is 7. The Morgan fingerprint density at radius 2 is 2.00 bits per heavy atom. The van der Waals surface area contributed by atoms with E-state index >= 15 is 0 Å². The average Bonchev–Trinajstić information content (AvgIpc) is 3.11. The van der Waals surface area contributed by atoms with Gasteiger partial charge in [0, 0.05) is 18.0 Å². The van der Waals surface area contributed by atoms with E-state index < -0.39 is 11.9 Å². The van der Waals surface area contributed by atoms with Crippen LogP contribution in [0.15, 0.2) is 47.4 Å². The van der Waals surface area contributed by atoms with Crippen molar-refractivity contribution in [3.8, 4) is 16.2 Å². The van der Waals surface area contributed by atoms with Gasteiger partial charge in [0.1, 0.15) is 0 Å². The van der Waals surface area contributed by atoms with Gasteiger partial charge >= 0.3 is 5.97 Å². The molecule has 144 valence electrons. The van der Waals surface area contributed by atoms with Crippen molar-refractivity contribution in [3.05, 3.63) is 64.2 Å². The molecule has 8 nitrogen and oxygen atoms in total. The lowest BCUT2D eigenvalue weighted by Gasteiger charge is -2.05. The first-order valence-electron chi connectivity index (χ1n) is 8.24. The predicted molar refractivity (Wildman–Crippen MR) is 105 cm³/mol. The lowest BCUT2D eigenvalue weighted by atomic mass is 10.1. The molecule has 0 bridgehead atoms. The number of anilines is 1. The Kier molecular flexibility index (Phi) is 5.85. The van der Waals surface area contributed by atoms with Crippen molar-refractivity contribution in [1.29, 1.82) is 0 Å². The van der Waals surface area contributed by atoms with Crippen LogP contribution in [-0.4, -0.2) is 35.6 Å². The van der Waals surface area contributed by atoms with Crippen molar-refractivity contribution in [3.63, 3.8) is 0 Å². The van der Waals surface area contributed by atoms with Crippen LogP contribution >= 0.6 is 11.3 Å². The number of aryl methyl sites for hydroxylation is 1. The normalized spacial score (nSPS) is 10.4. The number of carbonyl (C=O) groups excluding carboxylic acids is 2. The molecule has 0 aliphatic carbocycles. The number of amides is 1. The summed E-state index contributed by atoms with van der Waals surface area (Å²) in [7, 11) is 1.27. The number of aromatic amines is 1. The smallest absolute Gasteiger partial charge is 0.358 e. The Morgan fingerprint density at radius 1 is 1.25 bits per heavy atom. The van der Waals surface area contributed by atoms with E-state index in [0.717, 1.165) is 16.9 Å². The number of nitrogens with one attached hydrogen (secondary N) is 2. The third kappa shape index (κ3) is 4.44. The van der Waals surface area contributed by atoms with Gasteiger partial charge in [0.2, 0.25) is 5.43 Å². The van der Waals surface area contributed by atoms with Gasteiger partial charge in [0.25, 0.3) is 5.91 Å². The van der Waals surface area contributed by atoms with Gasteiger partial charge in [-0.3, -0.25) is 14.9 Å². The highest BCUT2D eigenvalue weighted by molar-refractivity contribution is 7.19. The summed E-state index contributed by atoms with van der Waals surface area (Å²) in [5.41, 5.74) is 1.26. The number of carbonyl (C=O) groups is 2. The lowest BCUT2D eigenvalue weighted by molar-refractivity contribution is -0.118. The first-order valence-corrected chi connectivity index (χ1v) is 9.06. The largest absolute Gasteiger partial charge is 0.478 e. The molecule has 2 heterocycles. The first kappa shape index (κ1) is 19.3. The minimum absolute atomic E-state index is 0.0418. The highest BCUT2D eigenvalue weighted by atomic mass is 32.1. The number of esters is 1. The van der Waals surface area contributed by atoms with Gasteiger partial charge < -0.3 is 14.5 Å². The van der Waals surface area contributed by atoms with E-state index in [2.05, 4.69) is 15.3 Å².